The van der Waals surface area contributed by atoms with E-state index in [1.54, 1.807) is 0 Å². The molecule has 0 radical (unpaired) electrons. The largest absolute Gasteiger partial charge is 0.472 e. The molecule has 0 spiro atoms. The van der Waals surface area contributed by atoms with Crippen LogP contribution < -0.4 is 5.73 Å². The second-order valence-corrected chi connectivity index (χ2v) is 16.0. The Bertz CT molecular complexity index is 1030. The summed E-state index contributed by atoms with van der Waals surface area (Å²) in [6.07, 6.45) is 52.6. The van der Waals surface area contributed by atoms with Crippen molar-refractivity contribution in [3.8, 4) is 0 Å². The van der Waals surface area contributed by atoms with E-state index >= 15 is 0 Å². The second kappa shape index (κ2) is 43.3. The molecule has 3 N–H and O–H groups in total. The Morgan fingerprint density at radius 2 is 1.02 bits per heavy atom. The Kier molecular flexibility index (Phi) is 41.9. The first-order chi connectivity index (χ1) is 26.9. The van der Waals surface area contributed by atoms with E-state index in [1.807, 2.05) is 0 Å². The molecule has 0 rings (SSSR count). The molecule has 0 aromatic carbocycles. The number of phosphoric ester groups is 1. The van der Waals surface area contributed by atoms with Gasteiger partial charge in [0.2, 0.25) is 0 Å². The molecular formula is C46H84NO7P. The minimum absolute atomic E-state index is 0.0972. The number of nitrogens with two attached hydrogens (primary N) is 1. The molecule has 0 aliphatic heterocycles. The van der Waals surface area contributed by atoms with E-state index < -0.39 is 13.9 Å². The summed E-state index contributed by atoms with van der Waals surface area (Å²) < 4.78 is 33.4. The molecule has 0 aromatic rings. The molecule has 0 aromatic heterocycles. The van der Waals surface area contributed by atoms with Gasteiger partial charge < -0.3 is 20.1 Å². The summed E-state index contributed by atoms with van der Waals surface area (Å²) in [4.78, 5) is 22.4. The second-order valence-electron chi connectivity index (χ2n) is 14.5. The normalized spacial score (nSPS) is 14.0. The summed E-state index contributed by atoms with van der Waals surface area (Å²) in [5.41, 5.74) is 5.36. The molecule has 0 saturated carbocycles. The van der Waals surface area contributed by atoms with Crippen LogP contribution in [0, 0.1) is 0 Å². The maximum Gasteiger partial charge on any atom is 0.472 e. The van der Waals surface area contributed by atoms with Gasteiger partial charge in [-0.25, -0.2) is 4.57 Å². The van der Waals surface area contributed by atoms with Crippen molar-refractivity contribution in [2.45, 2.75) is 193 Å². The highest BCUT2D eigenvalue weighted by molar-refractivity contribution is 7.47. The van der Waals surface area contributed by atoms with Gasteiger partial charge in [-0.3, -0.25) is 13.8 Å². The summed E-state index contributed by atoms with van der Waals surface area (Å²) in [6, 6.07) is 0. The van der Waals surface area contributed by atoms with Crippen LogP contribution in [0.3, 0.4) is 0 Å². The van der Waals surface area contributed by atoms with Crippen molar-refractivity contribution in [2.24, 2.45) is 5.73 Å². The van der Waals surface area contributed by atoms with E-state index in [9.17, 15) is 14.3 Å². The Balaban J connectivity index is 3.88. The molecule has 55 heavy (non-hydrogen) atoms. The zero-order valence-corrected chi connectivity index (χ0v) is 36.3. The van der Waals surface area contributed by atoms with Crippen molar-refractivity contribution in [3.63, 3.8) is 0 Å². The summed E-state index contributed by atoms with van der Waals surface area (Å²) in [7, 11) is -4.28. The van der Waals surface area contributed by atoms with Gasteiger partial charge in [-0.05, 0) is 70.6 Å². The van der Waals surface area contributed by atoms with E-state index in [4.69, 9.17) is 24.3 Å². The molecule has 2 unspecified atom stereocenters. The first-order valence-electron chi connectivity index (χ1n) is 22.3. The van der Waals surface area contributed by atoms with Crippen molar-refractivity contribution >= 4 is 13.8 Å². The van der Waals surface area contributed by atoms with Crippen molar-refractivity contribution in [1.82, 2.24) is 0 Å². The van der Waals surface area contributed by atoms with Crippen LogP contribution in [-0.2, 0) is 27.9 Å². The lowest BCUT2D eigenvalue weighted by molar-refractivity contribution is -0.154. The molecule has 0 aliphatic rings. The highest BCUT2D eigenvalue weighted by atomic mass is 31.2. The Morgan fingerprint density at radius 3 is 1.55 bits per heavy atom. The van der Waals surface area contributed by atoms with Gasteiger partial charge in [0.25, 0.3) is 0 Å². The monoisotopic (exact) mass is 794 g/mol. The molecule has 0 saturated heterocycles. The lowest BCUT2D eigenvalue weighted by atomic mass is 10.0. The SMILES string of the molecule is CC/C=C\C/C=C\C/C=C\C/C=C\CCCCCCCCCCCCCCCOCC(COP(=O)(O)OCCN)OC(=O)CCCCCCC/C=C\CCC. The Labute approximate surface area is 338 Å². The van der Waals surface area contributed by atoms with Crippen LogP contribution in [0.4, 0.5) is 0 Å². The molecule has 2 atom stereocenters. The standard InChI is InChI=1S/C46H84NO7P/c1-3-5-7-9-11-13-15-16-17-18-19-20-21-22-23-24-25-26-27-28-29-30-32-34-36-38-41-51-43-45(44-53-55(49,50)52-42-40-47)54-46(48)39-37-35-33-31-14-12-10-8-6-4-2/h5,7-8,10-11,13,16-17,19-20,45H,3-4,6,9,12,14-15,18,21-44,47H2,1-2H3,(H,49,50)/b7-5-,10-8-,13-11-,17-16-,20-19-. The zero-order chi connectivity index (χ0) is 40.2. The fourth-order valence-electron chi connectivity index (χ4n) is 5.93. The predicted octanol–water partition coefficient (Wildman–Crippen LogP) is 13.4. The highest BCUT2D eigenvalue weighted by Gasteiger charge is 2.25. The van der Waals surface area contributed by atoms with Gasteiger partial charge >= 0.3 is 13.8 Å². The fraction of sp³-hybridized carbons (Fsp3) is 0.761. The molecule has 8 nitrogen and oxygen atoms in total. The summed E-state index contributed by atoms with van der Waals surface area (Å²) >= 11 is 0. The average molecular weight is 794 g/mol. The molecule has 0 bridgehead atoms. The third-order valence-electron chi connectivity index (χ3n) is 9.15. The molecule has 320 valence electrons. The van der Waals surface area contributed by atoms with Crippen LogP contribution in [0.15, 0.2) is 60.8 Å². The minimum Gasteiger partial charge on any atom is -0.457 e. The van der Waals surface area contributed by atoms with Crippen LogP contribution in [0.5, 0.6) is 0 Å². The Morgan fingerprint density at radius 1 is 0.564 bits per heavy atom. The smallest absolute Gasteiger partial charge is 0.457 e. The third kappa shape index (κ3) is 43.2. The molecular weight excluding hydrogens is 709 g/mol. The number of carbonyl (C=O) groups is 1. The number of allylic oxidation sites excluding steroid dienone is 10. The third-order valence-corrected chi connectivity index (χ3v) is 10.1. The van der Waals surface area contributed by atoms with Gasteiger partial charge in [0.05, 0.1) is 19.8 Å². The van der Waals surface area contributed by atoms with Gasteiger partial charge in [0, 0.05) is 19.6 Å². The number of hydrogen-bond acceptors (Lipinski definition) is 7. The summed E-state index contributed by atoms with van der Waals surface area (Å²) in [6.45, 7) is 4.73. The zero-order valence-electron chi connectivity index (χ0n) is 35.4. The van der Waals surface area contributed by atoms with Gasteiger partial charge in [-0.2, -0.15) is 0 Å². The van der Waals surface area contributed by atoms with Gasteiger partial charge in [0.1, 0.15) is 6.10 Å². The summed E-state index contributed by atoms with van der Waals surface area (Å²) in [5.74, 6) is -0.344. The Hall–Kier alpha value is -1.80. The van der Waals surface area contributed by atoms with Crippen molar-refractivity contribution in [1.29, 1.82) is 0 Å². The van der Waals surface area contributed by atoms with E-state index in [0.717, 1.165) is 77.0 Å². The van der Waals surface area contributed by atoms with Crippen molar-refractivity contribution in [2.75, 3.05) is 33.0 Å². The molecule has 0 amide bonds. The quantitative estimate of drug-likeness (QED) is 0.0271. The van der Waals surface area contributed by atoms with Crippen LogP contribution in [0.2, 0.25) is 0 Å². The van der Waals surface area contributed by atoms with Gasteiger partial charge in [0.15, 0.2) is 0 Å². The van der Waals surface area contributed by atoms with E-state index in [2.05, 4.69) is 74.6 Å². The first kappa shape index (κ1) is 53.2. The topological polar surface area (TPSA) is 117 Å². The number of unbranched alkanes of at least 4 members (excludes halogenated alkanes) is 19. The highest BCUT2D eigenvalue weighted by Crippen LogP contribution is 2.43. The molecule has 0 fully saturated rings. The van der Waals surface area contributed by atoms with Crippen LogP contribution >= 0.6 is 7.82 Å². The van der Waals surface area contributed by atoms with Gasteiger partial charge in [-0.1, -0.05) is 171 Å². The molecule has 0 aliphatic carbocycles. The first-order valence-corrected chi connectivity index (χ1v) is 23.8. The summed E-state index contributed by atoms with van der Waals surface area (Å²) in [5, 5.41) is 0. The number of carbonyl (C=O) groups excluding carboxylic acids is 1. The van der Waals surface area contributed by atoms with Crippen molar-refractivity contribution in [3.05, 3.63) is 60.8 Å². The number of esters is 1. The average Bonchev–Trinajstić information content (AvgIpc) is 3.17. The van der Waals surface area contributed by atoms with E-state index in [1.165, 1.54) is 89.9 Å². The number of phosphoric acid groups is 1. The molecule has 9 heteroatoms. The number of hydrogen-bond donors (Lipinski definition) is 2. The number of rotatable bonds is 42. The minimum atomic E-state index is -4.28. The fourth-order valence-corrected chi connectivity index (χ4v) is 6.70. The maximum absolute atomic E-state index is 12.5. The van der Waals surface area contributed by atoms with Gasteiger partial charge in [-0.15, -0.1) is 0 Å². The van der Waals surface area contributed by atoms with E-state index in [0.29, 0.717) is 13.0 Å². The predicted molar refractivity (Wildman–Crippen MR) is 233 cm³/mol. The maximum atomic E-state index is 12.5. The lowest BCUT2D eigenvalue weighted by Gasteiger charge is -2.20. The number of ether oxygens (including phenoxy) is 2. The van der Waals surface area contributed by atoms with E-state index in [-0.39, 0.29) is 32.3 Å². The lowest BCUT2D eigenvalue weighted by Crippen LogP contribution is -2.28. The van der Waals surface area contributed by atoms with Crippen LogP contribution in [-0.4, -0.2) is 49.9 Å². The molecule has 0 heterocycles. The van der Waals surface area contributed by atoms with Crippen LogP contribution in [0.1, 0.15) is 187 Å². The van der Waals surface area contributed by atoms with Crippen LogP contribution in [0.25, 0.3) is 0 Å². The van der Waals surface area contributed by atoms with Crippen molar-refractivity contribution < 1.29 is 32.8 Å².